The first-order valence-corrected chi connectivity index (χ1v) is 7.00. The topological polar surface area (TPSA) is 29.9 Å². The van der Waals surface area contributed by atoms with Gasteiger partial charge in [0.25, 0.3) is 0 Å². The van der Waals surface area contributed by atoms with Gasteiger partial charge < -0.3 is 5.32 Å². The van der Waals surface area contributed by atoms with Crippen LogP contribution in [0.2, 0.25) is 0 Å². The smallest absolute Gasteiger partial charge is 0.0672 e. The predicted octanol–water partition coefficient (Wildman–Crippen LogP) is 3.30. The van der Waals surface area contributed by atoms with Crippen LogP contribution in [0.5, 0.6) is 0 Å². The minimum atomic E-state index is 0.915. The van der Waals surface area contributed by atoms with Crippen LogP contribution in [0.25, 0.3) is 11.1 Å². The van der Waals surface area contributed by atoms with Crippen LogP contribution < -0.4 is 5.32 Å². The van der Waals surface area contributed by atoms with E-state index >= 15 is 0 Å². The van der Waals surface area contributed by atoms with Crippen molar-refractivity contribution in [3.8, 4) is 11.1 Å². The summed E-state index contributed by atoms with van der Waals surface area (Å²) in [7, 11) is 0. The monoisotopic (exact) mass is 257 g/mol. The SMILES string of the molecule is CCNCc1ccc(-c2cn(CC)nc2C)c(C)c1. The predicted molar refractivity (Wildman–Crippen MR) is 80.2 cm³/mol. The molecular formula is C16H23N3. The molecule has 0 aliphatic heterocycles. The Hall–Kier alpha value is -1.61. The number of rotatable bonds is 5. The van der Waals surface area contributed by atoms with Crippen LogP contribution in [0.3, 0.4) is 0 Å². The first-order chi connectivity index (χ1) is 9.15. The quantitative estimate of drug-likeness (QED) is 0.890. The highest BCUT2D eigenvalue weighted by Crippen LogP contribution is 2.26. The number of nitrogens with zero attached hydrogens (tertiary/aromatic N) is 2. The van der Waals surface area contributed by atoms with Crippen molar-refractivity contribution in [3.05, 3.63) is 41.2 Å². The summed E-state index contributed by atoms with van der Waals surface area (Å²) in [5, 5.41) is 7.88. The van der Waals surface area contributed by atoms with Crippen LogP contribution in [-0.4, -0.2) is 16.3 Å². The minimum Gasteiger partial charge on any atom is -0.313 e. The highest BCUT2D eigenvalue weighted by molar-refractivity contribution is 5.69. The van der Waals surface area contributed by atoms with Crippen molar-refractivity contribution in [1.29, 1.82) is 0 Å². The summed E-state index contributed by atoms with van der Waals surface area (Å²) in [5.74, 6) is 0. The summed E-state index contributed by atoms with van der Waals surface area (Å²) in [6.45, 7) is 11.3. The summed E-state index contributed by atoms with van der Waals surface area (Å²) >= 11 is 0. The van der Waals surface area contributed by atoms with Gasteiger partial charge >= 0.3 is 0 Å². The van der Waals surface area contributed by atoms with E-state index in [0.29, 0.717) is 0 Å². The maximum atomic E-state index is 4.52. The number of hydrogen-bond donors (Lipinski definition) is 1. The summed E-state index contributed by atoms with van der Waals surface area (Å²) < 4.78 is 2.00. The van der Waals surface area contributed by atoms with Crippen LogP contribution in [0.4, 0.5) is 0 Å². The Bertz CT molecular complexity index is 555. The zero-order valence-electron chi connectivity index (χ0n) is 12.3. The van der Waals surface area contributed by atoms with Crippen molar-refractivity contribution in [2.24, 2.45) is 0 Å². The third-order valence-electron chi connectivity index (χ3n) is 3.43. The van der Waals surface area contributed by atoms with Crippen molar-refractivity contribution >= 4 is 0 Å². The largest absolute Gasteiger partial charge is 0.313 e. The molecule has 0 aliphatic rings. The molecule has 0 saturated heterocycles. The molecule has 0 spiro atoms. The molecule has 0 radical (unpaired) electrons. The maximum Gasteiger partial charge on any atom is 0.0672 e. The van der Waals surface area contributed by atoms with Gasteiger partial charge in [-0.25, -0.2) is 0 Å². The normalized spacial score (nSPS) is 10.9. The van der Waals surface area contributed by atoms with E-state index in [0.717, 1.165) is 25.3 Å². The van der Waals surface area contributed by atoms with E-state index in [1.54, 1.807) is 0 Å². The molecule has 19 heavy (non-hydrogen) atoms. The molecular weight excluding hydrogens is 234 g/mol. The van der Waals surface area contributed by atoms with Gasteiger partial charge in [0.15, 0.2) is 0 Å². The summed E-state index contributed by atoms with van der Waals surface area (Å²) in [6.07, 6.45) is 2.14. The lowest BCUT2D eigenvalue weighted by Crippen LogP contribution is -2.11. The standard InChI is InChI=1S/C16H23N3/c1-5-17-10-14-7-8-15(12(3)9-14)16-11-19(6-2)18-13(16)4/h7-9,11,17H,5-6,10H2,1-4H3. The number of aromatic nitrogens is 2. The van der Waals surface area contributed by atoms with Crippen molar-refractivity contribution < 1.29 is 0 Å². The molecule has 1 aromatic heterocycles. The molecule has 3 nitrogen and oxygen atoms in total. The van der Waals surface area contributed by atoms with Gasteiger partial charge in [-0.05, 0) is 44.0 Å². The molecule has 2 aromatic rings. The molecule has 3 heteroatoms. The Kier molecular flexibility index (Phi) is 4.38. The molecule has 1 heterocycles. The van der Waals surface area contributed by atoms with E-state index in [1.165, 1.54) is 22.3 Å². The molecule has 1 N–H and O–H groups in total. The second kappa shape index (κ2) is 6.02. The zero-order valence-corrected chi connectivity index (χ0v) is 12.3. The molecule has 0 amide bonds. The lowest BCUT2D eigenvalue weighted by atomic mass is 9.99. The second-order valence-electron chi connectivity index (χ2n) is 4.91. The first-order valence-electron chi connectivity index (χ1n) is 7.00. The maximum absolute atomic E-state index is 4.52. The van der Waals surface area contributed by atoms with Crippen molar-refractivity contribution in [2.75, 3.05) is 6.54 Å². The van der Waals surface area contributed by atoms with E-state index in [9.17, 15) is 0 Å². The van der Waals surface area contributed by atoms with Crippen molar-refractivity contribution in [3.63, 3.8) is 0 Å². The van der Waals surface area contributed by atoms with E-state index in [4.69, 9.17) is 0 Å². The molecule has 1 aromatic carbocycles. The number of benzene rings is 1. The number of hydrogen-bond acceptors (Lipinski definition) is 2. The molecule has 0 saturated carbocycles. The van der Waals surface area contributed by atoms with Gasteiger partial charge in [-0.2, -0.15) is 5.10 Å². The zero-order chi connectivity index (χ0) is 13.8. The van der Waals surface area contributed by atoms with Crippen LogP contribution in [0.15, 0.2) is 24.4 Å². The lowest BCUT2D eigenvalue weighted by molar-refractivity contribution is 0.653. The van der Waals surface area contributed by atoms with E-state index < -0.39 is 0 Å². The van der Waals surface area contributed by atoms with Gasteiger partial charge in [0.05, 0.1) is 5.69 Å². The third-order valence-corrected chi connectivity index (χ3v) is 3.43. The molecule has 0 atom stereocenters. The fourth-order valence-electron chi connectivity index (χ4n) is 2.35. The van der Waals surface area contributed by atoms with Gasteiger partial charge in [0.2, 0.25) is 0 Å². The number of aryl methyl sites for hydroxylation is 3. The minimum absolute atomic E-state index is 0.915. The van der Waals surface area contributed by atoms with Crippen LogP contribution in [0.1, 0.15) is 30.7 Å². The molecule has 0 aliphatic carbocycles. The van der Waals surface area contributed by atoms with E-state index in [-0.39, 0.29) is 0 Å². The molecule has 0 unspecified atom stereocenters. The molecule has 102 valence electrons. The van der Waals surface area contributed by atoms with Gasteiger partial charge in [-0.15, -0.1) is 0 Å². The van der Waals surface area contributed by atoms with Gasteiger partial charge in [0, 0.05) is 24.8 Å². The summed E-state index contributed by atoms with van der Waals surface area (Å²) in [4.78, 5) is 0. The average molecular weight is 257 g/mol. The second-order valence-corrected chi connectivity index (χ2v) is 4.91. The summed E-state index contributed by atoms with van der Waals surface area (Å²) in [6, 6.07) is 6.68. The number of nitrogens with one attached hydrogen (secondary N) is 1. The fraction of sp³-hybridized carbons (Fsp3) is 0.438. The first kappa shape index (κ1) is 13.8. The van der Waals surface area contributed by atoms with E-state index in [2.05, 4.69) is 62.5 Å². The van der Waals surface area contributed by atoms with Crippen LogP contribution in [0, 0.1) is 13.8 Å². The third kappa shape index (κ3) is 3.04. The van der Waals surface area contributed by atoms with Crippen LogP contribution in [-0.2, 0) is 13.1 Å². The summed E-state index contributed by atoms with van der Waals surface area (Å²) in [5.41, 5.74) is 6.29. The lowest BCUT2D eigenvalue weighted by Gasteiger charge is -2.08. The Morgan fingerprint density at radius 1 is 1.16 bits per heavy atom. The molecule has 0 bridgehead atoms. The van der Waals surface area contributed by atoms with Gasteiger partial charge in [-0.1, -0.05) is 25.1 Å². The van der Waals surface area contributed by atoms with Gasteiger partial charge in [0.1, 0.15) is 0 Å². The Balaban J connectivity index is 2.32. The Morgan fingerprint density at radius 3 is 2.53 bits per heavy atom. The van der Waals surface area contributed by atoms with Crippen molar-refractivity contribution in [2.45, 2.75) is 40.8 Å². The molecule has 2 rings (SSSR count). The fourth-order valence-corrected chi connectivity index (χ4v) is 2.35. The highest BCUT2D eigenvalue weighted by Gasteiger charge is 2.09. The Morgan fingerprint density at radius 2 is 1.95 bits per heavy atom. The van der Waals surface area contributed by atoms with Gasteiger partial charge in [-0.3, -0.25) is 4.68 Å². The highest BCUT2D eigenvalue weighted by atomic mass is 15.3. The average Bonchev–Trinajstić information content (AvgIpc) is 2.78. The Labute approximate surface area is 115 Å². The van der Waals surface area contributed by atoms with E-state index in [1.807, 2.05) is 4.68 Å². The molecule has 0 fully saturated rings. The van der Waals surface area contributed by atoms with Crippen molar-refractivity contribution in [1.82, 2.24) is 15.1 Å². The van der Waals surface area contributed by atoms with Crippen LogP contribution >= 0.6 is 0 Å².